The van der Waals surface area contributed by atoms with Crippen LogP contribution < -0.4 is 0 Å². The number of hydrogen-bond acceptors (Lipinski definition) is 2. The highest BCUT2D eigenvalue weighted by Crippen LogP contribution is 2.07. The summed E-state index contributed by atoms with van der Waals surface area (Å²) in [5.41, 5.74) is 0. The van der Waals surface area contributed by atoms with Crippen LogP contribution in [0.4, 0.5) is 0 Å². The van der Waals surface area contributed by atoms with E-state index in [1.807, 2.05) is 0 Å². The molecule has 0 heterocycles. The maximum atomic E-state index is 2.69. The Labute approximate surface area is 106 Å². The lowest BCUT2D eigenvalue weighted by molar-refractivity contribution is 0.0978. The van der Waals surface area contributed by atoms with Crippen molar-refractivity contribution in [2.75, 3.05) is 26.2 Å². The van der Waals surface area contributed by atoms with Gasteiger partial charge in [0.1, 0.15) is 0 Å². The number of nitrogens with zero attached hydrogens (tertiary/aromatic N) is 2. The molecule has 0 radical (unpaired) electrons. The van der Waals surface area contributed by atoms with Crippen LogP contribution in [0, 0.1) is 0 Å². The minimum Gasteiger partial charge on any atom is -0.292 e. The van der Waals surface area contributed by atoms with E-state index < -0.39 is 0 Å². The highest BCUT2D eigenvalue weighted by atomic mass is 28.1. The van der Waals surface area contributed by atoms with Crippen molar-refractivity contribution < 1.29 is 0 Å². The van der Waals surface area contributed by atoms with Crippen molar-refractivity contribution in [2.24, 2.45) is 0 Å². The maximum absolute atomic E-state index is 2.69. The summed E-state index contributed by atoms with van der Waals surface area (Å²) in [5.74, 6) is 0.750. The van der Waals surface area contributed by atoms with Gasteiger partial charge in [0.25, 0.3) is 0 Å². The highest BCUT2D eigenvalue weighted by molar-refractivity contribution is 6.11. The van der Waals surface area contributed by atoms with Crippen molar-refractivity contribution in [1.29, 1.82) is 0 Å². The first-order chi connectivity index (χ1) is 7.71. The molecule has 0 aromatic heterocycles. The second-order valence-electron chi connectivity index (χ2n) is 4.70. The molecule has 0 aromatic rings. The van der Waals surface area contributed by atoms with Gasteiger partial charge in [-0.15, -0.1) is 0 Å². The lowest BCUT2D eigenvalue weighted by Crippen LogP contribution is -2.50. The summed E-state index contributed by atoms with van der Waals surface area (Å²) in [6.45, 7) is 14.2. The molecule has 0 saturated carbocycles. The predicted molar refractivity (Wildman–Crippen MR) is 78.0 cm³/mol. The van der Waals surface area contributed by atoms with Crippen LogP contribution in [-0.4, -0.2) is 52.0 Å². The molecular formula is C13H32N2Si. The Morgan fingerprint density at radius 1 is 0.688 bits per heavy atom. The van der Waals surface area contributed by atoms with E-state index in [-0.39, 0.29) is 0 Å². The second-order valence-corrected chi connectivity index (χ2v) is 5.74. The van der Waals surface area contributed by atoms with Gasteiger partial charge >= 0.3 is 0 Å². The quantitative estimate of drug-likeness (QED) is 0.428. The summed E-state index contributed by atoms with van der Waals surface area (Å²) < 4.78 is 0. The smallest absolute Gasteiger partial charge is 0.0428 e. The van der Waals surface area contributed by atoms with Crippen molar-refractivity contribution in [3.05, 3.63) is 0 Å². The van der Waals surface area contributed by atoms with Crippen molar-refractivity contribution >= 4 is 10.2 Å². The Balaban J connectivity index is 4.31. The molecular weight excluding hydrogens is 212 g/mol. The van der Waals surface area contributed by atoms with Gasteiger partial charge in [0.15, 0.2) is 0 Å². The van der Waals surface area contributed by atoms with Crippen molar-refractivity contribution in [2.45, 2.75) is 59.2 Å². The third-order valence-electron chi connectivity index (χ3n) is 3.10. The largest absolute Gasteiger partial charge is 0.292 e. The fourth-order valence-electron chi connectivity index (χ4n) is 2.35. The minimum absolute atomic E-state index is 0.750. The van der Waals surface area contributed by atoms with Gasteiger partial charge in [0.2, 0.25) is 0 Å². The Kier molecular flexibility index (Phi) is 10.4. The van der Waals surface area contributed by atoms with Crippen LogP contribution in [0.2, 0.25) is 0 Å². The average molecular weight is 244 g/mol. The van der Waals surface area contributed by atoms with Gasteiger partial charge in [-0.3, -0.25) is 9.80 Å². The third kappa shape index (κ3) is 6.02. The van der Waals surface area contributed by atoms with Gasteiger partial charge in [-0.05, 0) is 51.9 Å². The van der Waals surface area contributed by atoms with E-state index in [2.05, 4.69) is 37.5 Å². The van der Waals surface area contributed by atoms with E-state index in [0.29, 0.717) is 0 Å². The minimum atomic E-state index is 0.750. The number of hydrogen-bond donors (Lipinski definition) is 0. The molecule has 0 unspecified atom stereocenters. The fraction of sp³-hybridized carbons (Fsp3) is 1.00. The van der Waals surface area contributed by atoms with Crippen LogP contribution in [0.15, 0.2) is 0 Å². The van der Waals surface area contributed by atoms with Crippen LogP contribution in [-0.2, 0) is 0 Å². The zero-order valence-corrected chi connectivity index (χ0v) is 14.1. The standard InChI is InChI=1S/C13H32N2Si/c1-5-9-14(10-6-2)13(16)15(11-7-3)12-8-4/h13H,5-12H2,1-4,16H3. The molecule has 0 saturated heterocycles. The SMILES string of the molecule is CCCN(CCC)C([SiH3])N(CCC)CCC. The molecule has 0 N–H and O–H groups in total. The van der Waals surface area contributed by atoms with Gasteiger partial charge in [0, 0.05) is 16.0 Å². The molecule has 2 nitrogen and oxygen atoms in total. The fourth-order valence-corrected chi connectivity index (χ4v) is 3.38. The van der Waals surface area contributed by atoms with E-state index in [9.17, 15) is 0 Å². The molecule has 0 fully saturated rings. The van der Waals surface area contributed by atoms with Crippen molar-refractivity contribution in [1.82, 2.24) is 9.80 Å². The number of rotatable bonds is 10. The summed E-state index contributed by atoms with van der Waals surface area (Å²) >= 11 is 0. The molecule has 0 aromatic carbocycles. The van der Waals surface area contributed by atoms with Crippen molar-refractivity contribution in [3.8, 4) is 0 Å². The summed E-state index contributed by atoms with van der Waals surface area (Å²) in [7, 11) is 1.26. The van der Waals surface area contributed by atoms with Gasteiger partial charge in [0.05, 0.1) is 0 Å². The first-order valence-corrected chi connectivity index (χ1v) is 8.34. The van der Waals surface area contributed by atoms with E-state index >= 15 is 0 Å². The Morgan fingerprint density at radius 2 is 0.938 bits per heavy atom. The molecule has 0 aliphatic rings. The molecule has 0 aliphatic heterocycles. The molecule has 0 amide bonds. The molecule has 98 valence electrons. The summed E-state index contributed by atoms with van der Waals surface area (Å²) in [6, 6.07) is 0. The van der Waals surface area contributed by atoms with E-state index in [0.717, 1.165) is 5.79 Å². The van der Waals surface area contributed by atoms with E-state index in [1.165, 1.54) is 62.1 Å². The van der Waals surface area contributed by atoms with Gasteiger partial charge in [-0.2, -0.15) is 0 Å². The Morgan fingerprint density at radius 3 is 1.12 bits per heavy atom. The highest BCUT2D eigenvalue weighted by Gasteiger charge is 2.18. The van der Waals surface area contributed by atoms with E-state index in [4.69, 9.17) is 0 Å². The zero-order valence-electron chi connectivity index (χ0n) is 12.1. The third-order valence-corrected chi connectivity index (χ3v) is 4.56. The topological polar surface area (TPSA) is 6.48 Å². The summed E-state index contributed by atoms with van der Waals surface area (Å²) in [6.07, 6.45) is 5.13. The van der Waals surface area contributed by atoms with Crippen LogP contribution in [0.1, 0.15) is 53.4 Å². The summed E-state index contributed by atoms with van der Waals surface area (Å²) in [4.78, 5) is 5.38. The second kappa shape index (κ2) is 10.3. The average Bonchev–Trinajstić information content (AvgIpc) is 2.27. The first kappa shape index (κ1) is 16.1. The van der Waals surface area contributed by atoms with Crippen LogP contribution in [0.25, 0.3) is 0 Å². The Hall–Kier alpha value is 0.137. The summed E-state index contributed by atoms with van der Waals surface area (Å²) in [5, 5.41) is 0. The molecule has 0 bridgehead atoms. The van der Waals surface area contributed by atoms with Crippen molar-refractivity contribution in [3.63, 3.8) is 0 Å². The Bertz CT molecular complexity index is 125. The lowest BCUT2D eigenvalue weighted by Gasteiger charge is -2.37. The van der Waals surface area contributed by atoms with Gasteiger partial charge < -0.3 is 0 Å². The van der Waals surface area contributed by atoms with Crippen LogP contribution in [0.5, 0.6) is 0 Å². The maximum Gasteiger partial charge on any atom is 0.0428 e. The predicted octanol–water partition coefficient (Wildman–Crippen LogP) is 1.88. The molecule has 16 heavy (non-hydrogen) atoms. The molecule has 3 heteroatoms. The molecule has 0 atom stereocenters. The monoisotopic (exact) mass is 244 g/mol. The lowest BCUT2D eigenvalue weighted by atomic mass is 10.3. The molecule has 0 spiro atoms. The van der Waals surface area contributed by atoms with E-state index in [1.54, 1.807) is 0 Å². The first-order valence-electron chi connectivity index (χ1n) is 7.19. The van der Waals surface area contributed by atoms with Crippen LogP contribution in [0.3, 0.4) is 0 Å². The zero-order chi connectivity index (χ0) is 12.4. The van der Waals surface area contributed by atoms with Gasteiger partial charge in [-0.25, -0.2) is 0 Å². The molecule has 0 rings (SSSR count). The van der Waals surface area contributed by atoms with Crippen LogP contribution >= 0.6 is 0 Å². The van der Waals surface area contributed by atoms with Gasteiger partial charge in [-0.1, -0.05) is 27.7 Å². The molecule has 0 aliphatic carbocycles. The normalized spacial score (nSPS) is 12.2.